The van der Waals surface area contributed by atoms with Crippen molar-refractivity contribution in [2.75, 3.05) is 6.61 Å². The minimum atomic E-state index is -0.137. The molecule has 1 saturated carbocycles. The van der Waals surface area contributed by atoms with Crippen LogP contribution in [0.4, 0.5) is 0 Å². The van der Waals surface area contributed by atoms with Crippen molar-refractivity contribution < 1.29 is 4.74 Å². The summed E-state index contributed by atoms with van der Waals surface area (Å²) in [7, 11) is 0. The van der Waals surface area contributed by atoms with Crippen LogP contribution >= 0.6 is 11.6 Å². The SMILES string of the molecule is CCO[C@]1(Cn2cncn2)CCC[C@@H]1Cc1ccc(Cl)cc1. The second-order valence-corrected chi connectivity index (χ2v) is 6.45. The number of benzene rings is 1. The lowest BCUT2D eigenvalue weighted by Crippen LogP contribution is -2.42. The number of aromatic nitrogens is 3. The fourth-order valence-electron chi connectivity index (χ4n) is 3.63. The van der Waals surface area contributed by atoms with Gasteiger partial charge in [-0.1, -0.05) is 30.2 Å². The third kappa shape index (κ3) is 3.33. The fraction of sp³-hybridized carbons (Fsp3) is 0.529. The summed E-state index contributed by atoms with van der Waals surface area (Å²) < 4.78 is 8.16. The monoisotopic (exact) mass is 319 g/mol. The molecule has 3 rings (SSSR count). The Morgan fingerprint density at radius 1 is 1.36 bits per heavy atom. The Hall–Kier alpha value is -1.39. The Morgan fingerprint density at radius 3 is 2.86 bits per heavy atom. The van der Waals surface area contributed by atoms with Gasteiger partial charge in [-0.2, -0.15) is 5.10 Å². The molecule has 0 aliphatic heterocycles. The van der Waals surface area contributed by atoms with Crippen molar-refractivity contribution in [2.24, 2.45) is 5.92 Å². The number of hydrogen-bond acceptors (Lipinski definition) is 3. The highest BCUT2D eigenvalue weighted by molar-refractivity contribution is 6.30. The van der Waals surface area contributed by atoms with Crippen LogP contribution < -0.4 is 0 Å². The Bertz CT molecular complexity index is 584. The summed E-state index contributed by atoms with van der Waals surface area (Å²) in [5.41, 5.74) is 1.18. The molecule has 1 aliphatic carbocycles. The first-order valence-corrected chi connectivity index (χ1v) is 8.30. The molecule has 1 aromatic carbocycles. The van der Waals surface area contributed by atoms with Gasteiger partial charge in [0.25, 0.3) is 0 Å². The smallest absolute Gasteiger partial charge is 0.137 e. The second kappa shape index (κ2) is 6.80. The second-order valence-electron chi connectivity index (χ2n) is 6.01. The van der Waals surface area contributed by atoms with Crippen molar-refractivity contribution in [3.63, 3.8) is 0 Å². The van der Waals surface area contributed by atoms with E-state index in [9.17, 15) is 0 Å². The average molecular weight is 320 g/mol. The Balaban J connectivity index is 1.79. The molecule has 22 heavy (non-hydrogen) atoms. The molecular weight excluding hydrogens is 298 g/mol. The van der Waals surface area contributed by atoms with E-state index >= 15 is 0 Å². The van der Waals surface area contributed by atoms with E-state index in [4.69, 9.17) is 16.3 Å². The van der Waals surface area contributed by atoms with Crippen LogP contribution in [0.5, 0.6) is 0 Å². The largest absolute Gasteiger partial charge is 0.373 e. The van der Waals surface area contributed by atoms with E-state index in [0.29, 0.717) is 5.92 Å². The van der Waals surface area contributed by atoms with Crippen LogP contribution in [0.25, 0.3) is 0 Å². The Morgan fingerprint density at radius 2 is 2.18 bits per heavy atom. The van der Waals surface area contributed by atoms with Gasteiger partial charge in [0.1, 0.15) is 12.7 Å². The molecule has 2 atom stereocenters. The average Bonchev–Trinajstić information content (AvgIpc) is 3.13. The molecule has 0 bridgehead atoms. The number of nitrogens with zero attached hydrogens (tertiary/aromatic N) is 3. The first kappa shape index (κ1) is 15.5. The highest BCUT2D eigenvalue weighted by atomic mass is 35.5. The summed E-state index contributed by atoms with van der Waals surface area (Å²) in [6.45, 7) is 3.58. The van der Waals surface area contributed by atoms with E-state index in [2.05, 4.69) is 29.1 Å². The Labute approximate surface area is 136 Å². The molecule has 1 aliphatic rings. The van der Waals surface area contributed by atoms with Gasteiger partial charge in [0.15, 0.2) is 0 Å². The molecule has 0 saturated heterocycles. The van der Waals surface area contributed by atoms with Gasteiger partial charge in [-0.15, -0.1) is 0 Å². The highest BCUT2D eigenvalue weighted by Gasteiger charge is 2.44. The van der Waals surface area contributed by atoms with Gasteiger partial charge in [-0.25, -0.2) is 4.98 Å². The quantitative estimate of drug-likeness (QED) is 0.814. The van der Waals surface area contributed by atoms with Crippen molar-refractivity contribution >= 4 is 11.6 Å². The lowest BCUT2D eigenvalue weighted by Gasteiger charge is -2.35. The number of ether oxygens (including phenoxy) is 1. The molecule has 5 heteroatoms. The molecule has 2 aromatic rings. The lowest BCUT2D eigenvalue weighted by molar-refractivity contribution is -0.0806. The van der Waals surface area contributed by atoms with Gasteiger partial charge in [0, 0.05) is 11.6 Å². The Kier molecular flexibility index (Phi) is 4.79. The molecular formula is C17H22ClN3O. The molecule has 0 radical (unpaired) electrons. The van der Waals surface area contributed by atoms with Crippen LogP contribution in [0.1, 0.15) is 31.7 Å². The standard InChI is InChI=1S/C17H22ClN3O/c1-2-22-17(11-21-13-19-12-20-21)9-3-4-15(17)10-14-5-7-16(18)8-6-14/h5-8,12-13,15H,2-4,9-11H2,1H3/t15-,17+/m1/s1. The molecule has 1 fully saturated rings. The van der Waals surface area contributed by atoms with Crippen LogP contribution in [0.15, 0.2) is 36.9 Å². The van der Waals surface area contributed by atoms with Gasteiger partial charge in [0.2, 0.25) is 0 Å². The van der Waals surface area contributed by atoms with Crippen LogP contribution in [0.2, 0.25) is 5.02 Å². The summed E-state index contributed by atoms with van der Waals surface area (Å²) in [4.78, 5) is 4.06. The summed E-state index contributed by atoms with van der Waals surface area (Å²) in [5.74, 6) is 0.498. The van der Waals surface area contributed by atoms with E-state index in [1.807, 2.05) is 16.8 Å². The maximum absolute atomic E-state index is 6.26. The van der Waals surface area contributed by atoms with Gasteiger partial charge < -0.3 is 4.74 Å². The van der Waals surface area contributed by atoms with E-state index in [-0.39, 0.29) is 5.60 Å². The third-order valence-corrected chi connectivity index (χ3v) is 4.87. The maximum Gasteiger partial charge on any atom is 0.137 e. The van der Waals surface area contributed by atoms with Crippen LogP contribution in [0, 0.1) is 5.92 Å². The van der Waals surface area contributed by atoms with Crippen molar-refractivity contribution in [3.8, 4) is 0 Å². The van der Waals surface area contributed by atoms with Gasteiger partial charge in [-0.3, -0.25) is 4.68 Å². The van der Waals surface area contributed by atoms with Crippen molar-refractivity contribution in [1.29, 1.82) is 0 Å². The predicted molar refractivity (Wildman–Crippen MR) is 86.9 cm³/mol. The summed E-state index contributed by atoms with van der Waals surface area (Å²) in [5, 5.41) is 5.05. The predicted octanol–water partition coefficient (Wildman–Crippen LogP) is 3.75. The molecule has 0 unspecified atom stereocenters. The third-order valence-electron chi connectivity index (χ3n) is 4.62. The summed E-state index contributed by atoms with van der Waals surface area (Å²) >= 11 is 5.99. The molecule has 1 heterocycles. The first-order chi connectivity index (χ1) is 10.7. The number of hydrogen-bond donors (Lipinski definition) is 0. The van der Waals surface area contributed by atoms with E-state index in [0.717, 1.165) is 31.0 Å². The van der Waals surface area contributed by atoms with Gasteiger partial charge >= 0.3 is 0 Å². The number of halogens is 1. The summed E-state index contributed by atoms with van der Waals surface area (Å²) in [6.07, 6.45) is 7.86. The fourth-order valence-corrected chi connectivity index (χ4v) is 3.75. The molecule has 118 valence electrons. The number of rotatable bonds is 6. The molecule has 0 amide bonds. The molecule has 0 spiro atoms. The molecule has 1 aromatic heterocycles. The van der Waals surface area contributed by atoms with Crippen molar-refractivity contribution in [1.82, 2.24) is 14.8 Å². The molecule has 4 nitrogen and oxygen atoms in total. The van der Waals surface area contributed by atoms with Gasteiger partial charge in [-0.05, 0) is 49.8 Å². The lowest BCUT2D eigenvalue weighted by atomic mass is 9.85. The first-order valence-electron chi connectivity index (χ1n) is 7.93. The molecule has 0 N–H and O–H groups in total. The van der Waals surface area contributed by atoms with E-state index in [1.165, 1.54) is 18.4 Å². The van der Waals surface area contributed by atoms with Gasteiger partial charge in [0.05, 0.1) is 12.1 Å². The normalized spacial score (nSPS) is 24.7. The van der Waals surface area contributed by atoms with Crippen LogP contribution in [0.3, 0.4) is 0 Å². The minimum absolute atomic E-state index is 0.137. The minimum Gasteiger partial charge on any atom is -0.373 e. The van der Waals surface area contributed by atoms with E-state index < -0.39 is 0 Å². The van der Waals surface area contributed by atoms with E-state index in [1.54, 1.807) is 12.7 Å². The maximum atomic E-state index is 6.26. The van der Waals surface area contributed by atoms with Crippen LogP contribution in [-0.4, -0.2) is 27.0 Å². The zero-order valence-corrected chi connectivity index (χ0v) is 13.7. The highest BCUT2D eigenvalue weighted by Crippen LogP contribution is 2.42. The topological polar surface area (TPSA) is 39.9 Å². The van der Waals surface area contributed by atoms with Crippen molar-refractivity contribution in [3.05, 3.63) is 47.5 Å². The zero-order chi connectivity index (χ0) is 15.4. The zero-order valence-electron chi connectivity index (χ0n) is 12.9. The van der Waals surface area contributed by atoms with Crippen LogP contribution in [-0.2, 0) is 17.7 Å². The van der Waals surface area contributed by atoms with Crippen molar-refractivity contribution in [2.45, 2.75) is 44.8 Å². The summed E-state index contributed by atoms with van der Waals surface area (Å²) in [6, 6.07) is 8.16.